The summed E-state index contributed by atoms with van der Waals surface area (Å²) in [5.74, 6) is 0.854. The van der Waals surface area contributed by atoms with Crippen LogP contribution in [0.3, 0.4) is 0 Å². The third-order valence-electron chi connectivity index (χ3n) is 2.64. The molecule has 0 amide bonds. The Morgan fingerprint density at radius 3 is 2.67 bits per heavy atom. The predicted octanol–water partition coefficient (Wildman–Crippen LogP) is 2.22. The molecule has 1 aliphatic rings. The van der Waals surface area contributed by atoms with E-state index in [1.165, 1.54) is 0 Å². The molecule has 0 aromatic heterocycles. The molecular weight excluding hydrogens is 190 g/mol. The van der Waals surface area contributed by atoms with Gasteiger partial charge >= 0.3 is 0 Å². The van der Waals surface area contributed by atoms with Crippen LogP contribution in [0.15, 0.2) is 24.3 Å². The van der Waals surface area contributed by atoms with Crippen LogP contribution in [0, 0.1) is 0 Å². The fourth-order valence-electron chi connectivity index (χ4n) is 1.76. The van der Waals surface area contributed by atoms with Gasteiger partial charge in [0.2, 0.25) is 0 Å². The standard InChI is InChI=1S/C12H17NO2/c1-9-2-5-12(15-9)8-14-11-6-3-10(13)4-7-11/h3-4,6-7,9,12H,2,5,8,13H2,1H3. The smallest absolute Gasteiger partial charge is 0.119 e. The van der Waals surface area contributed by atoms with Crippen LogP contribution in [-0.4, -0.2) is 18.8 Å². The molecule has 2 rings (SSSR count). The molecule has 82 valence electrons. The number of rotatable bonds is 3. The maximum Gasteiger partial charge on any atom is 0.119 e. The highest BCUT2D eigenvalue weighted by Crippen LogP contribution is 2.20. The zero-order valence-electron chi connectivity index (χ0n) is 8.98. The van der Waals surface area contributed by atoms with Crippen molar-refractivity contribution in [1.29, 1.82) is 0 Å². The van der Waals surface area contributed by atoms with Gasteiger partial charge in [-0.3, -0.25) is 0 Å². The topological polar surface area (TPSA) is 44.5 Å². The molecule has 2 N–H and O–H groups in total. The molecule has 1 aliphatic heterocycles. The van der Waals surface area contributed by atoms with Gasteiger partial charge in [-0.15, -0.1) is 0 Å². The summed E-state index contributed by atoms with van der Waals surface area (Å²) in [4.78, 5) is 0. The van der Waals surface area contributed by atoms with E-state index in [9.17, 15) is 0 Å². The molecule has 3 nitrogen and oxygen atoms in total. The highest BCUT2D eigenvalue weighted by Gasteiger charge is 2.21. The number of hydrogen-bond acceptors (Lipinski definition) is 3. The second kappa shape index (κ2) is 4.53. The molecule has 1 saturated heterocycles. The van der Waals surface area contributed by atoms with E-state index in [1.807, 2.05) is 24.3 Å². The van der Waals surface area contributed by atoms with Gasteiger partial charge in [0.25, 0.3) is 0 Å². The van der Waals surface area contributed by atoms with Gasteiger partial charge in [-0.1, -0.05) is 0 Å². The molecule has 1 heterocycles. The fraction of sp³-hybridized carbons (Fsp3) is 0.500. The number of nitrogen functional groups attached to an aromatic ring is 1. The van der Waals surface area contributed by atoms with Crippen LogP contribution in [0.2, 0.25) is 0 Å². The van der Waals surface area contributed by atoms with Crippen LogP contribution in [0.1, 0.15) is 19.8 Å². The minimum absolute atomic E-state index is 0.248. The summed E-state index contributed by atoms with van der Waals surface area (Å²) >= 11 is 0. The van der Waals surface area contributed by atoms with Crippen LogP contribution in [0.4, 0.5) is 5.69 Å². The average molecular weight is 207 g/mol. The maximum atomic E-state index is 5.66. The van der Waals surface area contributed by atoms with Gasteiger partial charge in [-0.25, -0.2) is 0 Å². The summed E-state index contributed by atoms with van der Waals surface area (Å²) in [5.41, 5.74) is 6.34. The van der Waals surface area contributed by atoms with Crippen molar-refractivity contribution < 1.29 is 9.47 Å². The van der Waals surface area contributed by atoms with Crippen LogP contribution in [0.5, 0.6) is 5.75 Å². The van der Waals surface area contributed by atoms with E-state index in [4.69, 9.17) is 15.2 Å². The highest BCUT2D eigenvalue weighted by molar-refractivity contribution is 5.41. The van der Waals surface area contributed by atoms with Crippen molar-refractivity contribution in [3.8, 4) is 5.75 Å². The molecule has 2 unspecified atom stereocenters. The van der Waals surface area contributed by atoms with Gasteiger partial charge in [-0.2, -0.15) is 0 Å². The van der Waals surface area contributed by atoms with Crippen molar-refractivity contribution in [2.24, 2.45) is 0 Å². The Balaban J connectivity index is 1.80. The first-order chi connectivity index (χ1) is 7.24. The number of hydrogen-bond donors (Lipinski definition) is 1. The Morgan fingerprint density at radius 2 is 2.07 bits per heavy atom. The lowest BCUT2D eigenvalue weighted by Crippen LogP contribution is -2.17. The van der Waals surface area contributed by atoms with Crippen molar-refractivity contribution in [2.45, 2.75) is 32.0 Å². The normalized spacial score (nSPS) is 25.4. The minimum atomic E-state index is 0.248. The molecule has 0 bridgehead atoms. The van der Waals surface area contributed by atoms with E-state index in [2.05, 4.69) is 6.92 Å². The summed E-state index contributed by atoms with van der Waals surface area (Å²) in [5, 5.41) is 0. The van der Waals surface area contributed by atoms with Gasteiger partial charge in [-0.05, 0) is 44.0 Å². The molecule has 1 fully saturated rings. The second-order valence-corrected chi connectivity index (χ2v) is 4.03. The number of nitrogens with two attached hydrogens (primary N) is 1. The Morgan fingerprint density at radius 1 is 1.33 bits per heavy atom. The summed E-state index contributed by atoms with van der Waals surface area (Å²) in [6.07, 6.45) is 2.86. The van der Waals surface area contributed by atoms with E-state index in [0.29, 0.717) is 12.7 Å². The van der Waals surface area contributed by atoms with Gasteiger partial charge in [0.15, 0.2) is 0 Å². The lowest BCUT2D eigenvalue weighted by atomic mass is 10.2. The largest absolute Gasteiger partial charge is 0.491 e. The Kier molecular flexibility index (Phi) is 3.11. The zero-order valence-corrected chi connectivity index (χ0v) is 8.98. The molecule has 15 heavy (non-hydrogen) atoms. The quantitative estimate of drug-likeness (QED) is 0.773. The Bertz CT molecular complexity index is 310. The summed E-state index contributed by atoms with van der Waals surface area (Å²) in [6.45, 7) is 2.73. The first-order valence-electron chi connectivity index (χ1n) is 5.38. The first kappa shape index (κ1) is 10.3. The molecule has 0 saturated carbocycles. The summed E-state index contributed by atoms with van der Waals surface area (Å²) in [7, 11) is 0. The van der Waals surface area contributed by atoms with Crippen molar-refractivity contribution >= 4 is 5.69 Å². The Hall–Kier alpha value is -1.22. The monoisotopic (exact) mass is 207 g/mol. The molecule has 3 heteroatoms. The van der Waals surface area contributed by atoms with Crippen molar-refractivity contribution in [2.75, 3.05) is 12.3 Å². The maximum absolute atomic E-state index is 5.66. The van der Waals surface area contributed by atoms with Crippen LogP contribution >= 0.6 is 0 Å². The highest BCUT2D eigenvalue weighted by atomic mass is 16.5. The van der Waals surface area contributed by atoms with Crippen molar-refractivity contribution in [1.82, 2.24) is 0 Å². The molecule has 0 radical (unpaired) electrons. The van der Waals surface area contributed by atoms with Gasteiger partial charge in [0.05, 0.1) is 12.2 Å². The minimum Gasteiger partial charge on any atom is -0.491 e. The van der Waals surface area contributed by atoms with E-state index >= 15 is 0 Å². The molecule has 1 aromatic rings. The number of anilines is 1. The summed E-state index contributed by atoms with van der Waals surface area (Å²) < 4.78 is 11.3. The first-order valence-corrected chi connectivity index (χ1v) is 5.38. The zero-order chi connectivity index (χ0) is 10.7. The van der Waals surface area contributed by atoms with E-state index < -0.39 is 0 Å². The van der Waals surface area contributed by atoms with Crippen molar-refractivity contribution in [3.63, 3.8) is 0 Å². The van der Waals surface area contributed by atoms with E-state index in [0.717, 1.165) is 24.3 Å². The lowest BCUT2D eigenvalue weighted by Gasteiger charge is -2.12. The predicted molar refractivity (Wildman–Crippen MR) is 59.9 cm³/mol. The van der Waals surface area contributed by atoms with Gasteiger partial charge in [0.1, 0.15) is 12.4 Å². The van der Waals surface area contributed by atoms with Gasteiger partial charge in [0, 0.05) is 5.69 Å². The molecule has 0 aliphatic carbocycles. The third kappa shape index (κ3) is 2.86. The van der Waals surface area contributed by atoms with E-state index in [-0.39, 0.29) is 6.10 Å². The lowest BCUT2D eigenvalue weighted by molar-refractivity contribution is 0.0265. The van der Waals surface area contributed by atoms with Crippen LogP contribution in [0.25, 0.3) is 0 Å². The molecule has 1 aromatic carbocycles. The molecule has 0 spiro atoms. The van der Waals surface area contributed by atoms with Gasteiger partial charge < -0.3 is 15.2 Å². The second-order valence-electron chi connectivity index (χ2n) is 4.03. The number of benzene rings is 1. The summed E-state index contributed by atoms with van der Waals surface area (Å²) in [6, 6.07) is 7.45. The Labute approximate surface area is 90.2 Å². The third-order valence-corrected chi connectivity index (χ3v) is 2.64. The SMILES string of the molecule is CC1CCC(COc2ccc(N)cc2)O1. The molecule has 2 atom stereocenters. The fourth-order valence-corrected chi connectivity index (χ4v) is 1.76. The van der Waals surface area contributed by atoms with Crippen molar-refractivity contribution in [3.05, 3.63) is 24.3 Å². The molecular formula is C12H17NO2. The van der Waals surface area contributed by atoms with Crippen LogP contribution < -0.4 is 10.5 Å². The average Bonchev–Trinajstić information content (AvgIpc) is 2.64. The number of ether oxygens (including phenoxy) is 2. The van der Waals surface area contributed by atoms with Crippen LogP contribution in [-0.2, 0) is 4.74 Å². The van der Waals surface area contributed by atoms with E-state index in [1.54, 1.807) is 0 Å².